The van der Waals surface area contributed by atoms with E-state index in [9.17, 15) is 18.0 Å². The lowest BCUT2D eigenvalue weighted by Crippen LogP contribution is -2.41. The Balaban J connectivity index is 1.83. The third-order valence-electron chi connectivity index (χ3n) is 4.41. The maximum atomic E-state index is 12.5. The van der Waals surface area contributed by atoms with Crippen molar-refractivity contribution >= 4 is 33.2 Å². The molecular weight excluding hydrogens is 388 g/mol. The largest absolute Gasteiger partial charge is 0.455 e. The van der Waals surface area contributed by atoms with Crippen LogP contribution >= 0.6 is 11.3 Å². The molecule has 1 amide bonds. The van der Waals surface area contributed by atoms with Gasteiger partial charge in [-0.05, 0) is 38.1 Å². The summed E-state index contributed by atoms with van der Waals surface area (Å²) in [7, 11) is -3.49. The zero-order valence-corrected chi connectivity index (χ0v) is 17.4. The maximum Gasteiger partial charge on any atom is 0.309 e. The van der Waals surface area contributed by atoms with E-state index in [0.717, 1.165) is 5.57 Å². The van der Waals surface area contributed by atoms with E-state index in [-0.39, 0.29) is 31.5 Å². The number of ether oxygens (including phenoxy) is 1. The van der Waals surface area contributed by atoms with Crippen LogP contribution in [0.25, 0.3) is 0 Å². The van der Waals surface area contributed by atoms with Crippen LogP contribution in [0.2, 0.25) is 0 Å². The Bertz CT molecular complexity index is 766. The first-order valence-corrected chi connectivity index (χ1v) is 11.2. The molecular formula is C18H26N2O5S2. The summed E-state index contributed by atoms with van der Waals surface area (Å²) >= 11 is 1.18. The Morgan fingerprint density at radius 1 is 1.37 bits per heavy atom. The van der Waals surface area contributed by atoms with Crippen molar-refractivity contribution in [1.82, 2.24) is 9.21 Å². The third-order valence-corrected chi connectivity index (χ3v) is 7.68. The molecule has 150 valence electrons. The number of rotatable bonds is 8. The number of sulfonamides is 1. The Labute approximate surface area is 164 Å². The summed E-state index contributed by atoms with van der Waals surface area (Å²) in [5.74, 6) is -1.08. The minimum absolute atomic E-state index is 0.258. The molecule has 1 saturated heterocycles. The van der Waals surface area contributed by atoms with Crippen molar-refractivity contribution < 1.29 is 22.7 Å². The second kappa shape index (κ2) is 9.48. The molecule has 0 bridgehead atoms. The standard InChI is InChI=1S/C18H26N2O5S2/c1-4-19(12-14(2)3)16(21)13-25-18(22)15-7-9-20(10-8-15)27(23,24)17-6-5-11-26-17/h5-6,11,15H,2,4,7-10,12-13H2,1,3H3. The molecule has 1 aromatic rings. The molecule has 0 aliphatic carbocycles. The highest BCUT2D eigenvalue weighted by Crippen LogP contribution is 2.26. The molecule has 0 radical (unpaired) electrons. The van der Waals surface area contributed by atoms with Crippen LogP contribution in [0.1, 0.15) is 26.7 Å². The van der Waals surface area contributed by atoms with Crippen molar-refractivity contribution in [1.29, 1.82) is 0 Å². The zero-order chi connectivity index (χ0) is 20.0. The van der Waals surface area contributed by atoms with E-state index in [2.05, 4.69) is 6.58 Å². The Hall–Kier alpha value is -1.71. The number of hydrogen-bond donors (Lipinski definition) is 0. The lowest BCUT2D eigenvalue weighted by molar-refractivity contribution is -0.156. The smallest absolute Gasteiger partial charge is 0.309 e. The lowest BCUT2D eigenvalue weighted by Gasteiger charge is -2.29. The average molecular weight is 415 g/mol. The summed E-state index contributed by atoms with van der Waals surface area (Å²) in [5.41, 5.74) is 0.857. The van der Waals surface area contributed by atoms with E-state index in [1.807, 2.05) is 13.8 Å². The molecule has 1 aliphatic heterocycles. The summed E-state index contributed by atoms with van der Waals surface area (Å²) in [5, 5.41) is 1.72. The fourth-order valence-electron chi connectivity index (χ4n) is 2.91. The first kappa shape index (κ1) is 21.6. The summed E-state index contributed by atoms with van der Waals surface area (Å²) in [6.07, 6.45) is 0.780. The molecule has 27 heavy (non-hydrogen) atoms. The van der Waals surface area contributed by atoms with E-state index in [1.54, 1.807) is 22.4 Å². The maximum absolute atomic E-state index is 12.5. The predicted octanol–water partition coefficient (Wildman–Crippen LogP) is 2.12. The van der Waals surface area contributed by atoms with Gasteiger partial charge in [0.25, 0.3) is 15.9 Å². The molecule has 0 saturated carbocycles. The van der Waals surface area contributed by atoms with Gasteiger partial charge in [0.2, 0.25) is 0 Å². The van der Waals surface area contributed by atoms with Gasteiger partial charge in [0.05, 0.1) is 5.92 Å². The van der Waals surface area contributed by atoms with Crippen molar-refractivity contribution in [2.75, 3.05) is 32.8 Å². The van der Waals surface area contributed by atoms with E-state index in [0.29, 0.717) is 30.1 Å². The molecule has 2 rings (SSSR count). The van der Waals surface area contributed by atoms with Gasteiger partial charge in [-0.25, -0.2) is 8.42 Å². The quantitative estimate of drug-likeness (QED) is 0.481. The van der Waals surface area contributed by atoms with Crippen LogP contribution in [-0.2, 0) is 24.3 Å². The molecule has 0 atom stereocenters. The van der Waals surface area contributed by atoms with E-state index < -0.39 is 16.0 Å². The van der Waals surface area contributed by atoms with Gasteiger partial charge in [0, 0.05) is 26.2 Å². The molecule has 0 N–H and O–H groups in total. The number of likely N-dealkylation sites (N-methyl/N-ethyl adjacent to an activating group) is 1. The molecule has 1 fully saturated rings. The zero-order valence-electron chi connectivity index (χ0n) is 15.7. The van der Waals surface area contributed by atoms with Crippen molar-refractivity contribution in [3.05, 3.63) is 29.7 Å². The average Bonchev–Trinajstić information content (AvgIpc) is 3.19. The molecule has 0 unspecified atom stereocenters. The van der Waals surface area contributed by atoms with Crippen molar-refractivity contribution in [3.63, 3.8) is 0 Å². The first-order chi connectivity index (χ1) is 12.8. The Morgan fingerprint density at radius 2 is 2.04 bits per heavy atom. The highest BCUT2D eigenvalue weighted by atomic mass is 32.2. The summed E-state index contributed by atoms with van der Waals surface area (Å²) in [6.45, 7) is 8.66. The molecule has 0 spiro atoms. The van der Waals surface area contributed by atoms with Crippen LogP contribution in [0.15, 0.2) is 33.9 Å². The van der Waals surface area contributed by atoms with Crippen LogP contribution in [0.3, 0.4) is 0 Å². The van der Waals surface area contributed by atoms with Gasteiger partial charge in [-0.3, -0.25) is 9.59 Å². The fraction of sp³-hybridized carbons (Fsp3) is 0.556. The number of amides is 1. The Kier molecular flexibility index (Phi) is 7.58. The monoisotopic (exact) mass is 414 g/mol. The predicted molar refractivity (Wildman–Crippen MR) is 104 cm³/mol. The topological polar surface area (TPSA) is 84.0 Å². The van der Waals surface area contributed by atoms with Gasteiger partial charge in [0.15, 0.2) is 6.61 Å². The van der Waals surface area contributed by atoms with Crippen LogP contribution in [-0.4, -0.2) is 62.3 Å². The normalized spacial score (nSPS) is 16.1. The number of carbonyl (C=O) groups is 2. The summed E-state index contributed by atoms with van der Waals surface area (Å²) in [6, 6.07) is 3.28. The highest BCUT2D eigenvalue weighted by Gasteiger charge is 2.33. The third kappa shape index (κ3) is 5.63. The minimum atomic E-state index is -3.49. The summed E-state index contributed by atoms with van der Waals surface area (Å²) < 4.78 is 31.9. The second-order valence-corrected chi connectivity index (χ2v) is 9.70. The fourth-order valence-corrected chi connectivity index (χ4v) is 5.53. The van der Waals surface area contributed by atoms with E-state index in [4.69, 9.17) is 4.74 Å². The van der Waals surface area contributed by atoms with Crippen molar-refractivity contribution in [2.45, 2.75) is 30.9 Å². The van der Waals surface area contributed by atoms with Crippen molar-refractivity contribution in [3.8, 4) is 0 Å². The van der Waals surface area contributed by atoms with Gasteiger partial charge in [-0.15, -0.1) is 11.3 Å². The van der Waals surface area contributed by atoms with Gasteiger partial charge >= 0.3 is 5.97 Å². The number of piperidine rings is 1. The number of esters is 1. The molecule has 2 heterocycles. The Morgan fingerprint density at radius 3 is 2.56 bits per heavy atom. The SMILES string of the molecule is C=C(C)CN(CC)C(=O)COC(=O)C1CCN(S(=O)(=O)c2cccs2)CC1. The van der Waals surface area contributed by atoms with Gasteiger partial charge in [0.1, 0.15) is 4.21 Å². The van der Waals surface area contributed by atoms with Gasteiger partial charge in [-0.1, -0.05) is 18.2 Å². The molecule has 1 aromatic heterocycles. The minimum Gasteiger partial charge on any atom is -0.455 e. The molecule has 0 aromatic carbocycles. The molecule has 7 nitrogen and oxygen atoms in total. The van der Waals surface area contributed by atoms with Crippen LogP contribution in [0.4, 0.5) is 0 Å². The number of carbonyl (C=O) groups excluding carboxylic acids is 2. The van der Waals surface area contributed by atoms with Crippen LogP contribution < -0.4 is 0 Å². The number of thiophene rings is 1. The summed E-state index contributed by atoms with van der Waals surface area (Å²) in [4.78, 5) is 26.0. The van der Waals surface area contributed by atoms with E-state index >= 15 is 0 Å². The molecule has 9 heteroatoms. The number of nitrogens with zero attached hydrogens (tertiary/aromatic N) is 2. The van der Waals surface area contributed by atoms with Crippen molar-refractivity contribution in [2.24, 2.45) is 5.92 Å². The van der Waals surface area contributed by atoms with E-state index in [1.165, 1.54) is 15.6 Å². The first-order valence-electron chi connectivity index (χ1n) is 8.88. The van der Waals surface area contributed by atoms with Crippen LogP contribution in [0, 0.1) is 5.92 Å². The molecule has 1 aliphatic rings. The van der Waals surface area contributed by atoms with Gasteiger partial charge in [-0.2, -0.15) is 4.31 Å². The highest BCUT2D eigenvalue weighted by molar-refractivity contribution is 7.91. The second-order valence-electron chi connectivity index (χ2n) is 6.58. The van der Waals surface area contributed by atoms with Crippen LogP contribution in [0.5, 0.6) is 0 Å². The number of hydrogen-bond acceptors (Lipinski definition) is 6. The lowest BCUT2D eigenvalue weighted by atomic mass is 9.98. The van der Waals surface area contributed by atoms with Gasteiger partial charge < -0.3 is 9.64 Å².